The van der Waals surface area contributed by atoms with Crippen LogP contribution in [-0.4, -0.2) is 48.2 Å². The van der Waals surface area contributed by atoms with Crippen molar-refractivity contribution >= 4 is 28.6 Å². The standard InChI is InChI=1S/C13H17NO5S2/c1-13(12(15)16)7-10(20)8-14(13)21(17,18)11-5-3-9(19-2)4-6-11/h3-6,10,20H,7-8H2,1-2H3,(H,15,16)/t10-,13+/m0/s1. The number of rotatable bonds is 4. The fraction of sp³-hybridized carbons (Fsp3) is 0.462. The van der Waals surface area contributed by atoms with Gasteiger partial charge in [0, 0.05) is 11.8 Å². The molecular weight excluding hydrogens is 314 g/mol. The van der Waals surface area contributed by atoms with Gasteiger partial charge in [-0.2, -0.15) is 16.9 Å². The van der Waals surface area contributed by atoms with Crippen LogP contribution in [0.25, 0.3) is 0 Å². The molecule has 1 aliphatic rings. The summed E-state index contributed by atoms with van der Waals surface area (Å²) in [6, 6.07) is 5.86. The minimum absolute atomic E-state index is 0.0400. The first-order chi connectivity index (χ1) is 9.71. The molecule has 1 aliphatic heterocycles. The second kappa shape index (κ2) is 5.51. The molecule has 21 heavy (non-hydrogen) atoms. The van der Waals surface area contributed by atoms with Gasteiger partial charge in [-0.3, -0.25) is 4.79 Å². The molecule has 2 rings (SSSR count). The van der Waals surface area contributed by atoms with E-state index in [0.717, 1.165) is 4.31 Å². The molecule has 2 atom stereocenters. The van der Waals surface area contributed by atoms with Gasteiger partial charge in [0.15, 0.2) is 0 Å². The van der Waals surface area contributed by atoms with Crippen LogP contribution in [0.15, 0.2) is 29.2 Å². The number of hydrogen-bond acceptors (Lipinski definition) is 5. The van der Waals surface area contributed by atoms with Crippen LogP contribution >= 0.6 is 12.6 Å². The average molecular weight is 331 g/mol. The van der Waals surface area contributed by atoms with E-state index in [0.29, 0.717) is 5.75 Å². The van der Waals surface area contributed by atoms with Gasteiger partial charge < -0.3 is 9.84 Å². The lowest BCUT2D eigenvalue weighted by Gasteiger charge is -2.30. The molecule has 1 heterocycles. The molecule has 0 saturated carbocycles. The summed E-state index contributed by atoms with van der Waals surface area (Å²) in [5, 5.41) is 9.09. The first-order valence-corrected chi connectivity index (χ1v) is 8.26. The number of sulfonamides is 1. The second-order valence-corrected chi connectivity index (χ2v) is 7.74. The van der Waals surface area contributed by atoms with E-state index in [1.807, 2.05) is 0 Å². The maximum atomic E-state index is 12.7. The Kier molecular flexibility index (Phi) is 4.23. The number of carboxylic acids is 1. The van der Waals surface area contributed by atoms with Gasteiger partial charge in [0.1, 0.15) is 11.3 Å². The van der Waals surface area contributed by atoms with Crippen molar-refractivity contribution in [2.75, 3.05) is 13.7 Å². The zero-order valence-electron chi connectivity index (χ0n) is 11.7. The Balaban J connectivity index is 2.44. The maximum absolute atomic E-state index is 12.7. The third kappa shape index (κ3) is 2.75. The van der Waals surface area contributed by atoms with E-state index >= 15 is 0 Å². The van der Waals surface area contributed by atoms with Crippen molar-refractivity contribution in [3.63, 3.8) is 0 Å². The number of methoxy groups -OCH3 is 1. The molecule has 0 aliphatic carbocycles. The predicted molar refractivity (Wildman–Crippen MR) is 80.3 cm³/mol. The van der Waals surface area contributed by atoms with E-state index in [4.69, 9.17) is 4.74 Å². The van der Waals surface area contributed by atoms with Gasteiger partial charge in [-0.1, -0.05) is 0 Å². The van der Waals surface area contributed by atoms with Gasteiger partial charge in [0.25, 0.3) is 0 Å². The number of thiol groups is 1. The normalized spacial score (nSPS) is 26.7. The SMILES string of the molecule is COc1ccc(S(=O)(=O)N2C[C@@H](S)C[C@]2(C)C(=O)O)cc1. The third-order valence-corrected chi connectivity index (χ3v) is 6.01. The topological polar surface area (TPSA) is 83.9 Å². The van der Waals surface area contributed by atoms with E-state index in [1.54, 1.807) is 0 Å². The van der Waals surface area contributed by atoms with E-state index in [9.17, 15) is 18.3 Å². The molecule has 0 amide bonds. The van der Waals surface area contributed by atoms with Crippen molar-refractivity contribution in [2.24, 2.45) is 0 Å². The Hall–Kier alpha value is -1.25. The van der Waals surface area contributed by atoms with Gasteiger partial charge in [-0.25, -0.2) is 8.42 Å². The molecule has 1 saturated heterocycles. The van der Waals surface area contributed by atoms with Gasteiger partial charge in [-0.05, 0) is 37.6 Å². The maximum Gasteiger partial charge on any atom is 0.324 e. The monoisotopic (exact) mass is 331 g/mol. The van der Waals surface area contributed by atoms with Crippen LogP contribution in [0, 0.1) is 0 Å². The highest BCUT2D eigenvalue weighted by molar-refractivity contribution is 7.89. The number of carboxylic acid groups (broad SMARTS) is 1. The number of aliphatic carboxylic acids is 1. The largest absolute Gasteiger partial charge is 0.497 e. The highest BCUT2D eigenvalue weighted by atomic mass is 32.2. The first kappa shape index (κ1) is 16.1. The molecular formula is C13H17NO5S2. The van der Waals surface area contributed by atoms with Gasteiger partial charge in [0.2, 0.25) is 10.0 Å². The van der Waals surface area contributed by atoms with E-state index < -0.39 is 21.5 Å². The molecule has 0 spiro atoms. The van der Waals surface area contributed by atoms with Crippen LogP contribution in [0.1, 0.15) is 13.3 Å². The summed E-state index contributed by atoms with van der Waals surface area (Å²) in [6.45, 7) is 1.48. The molecule has 1 N–H and O–H groups in total. The molecule has 0 aromatic heterocycles. The molecule has 116 valence electrons. The number of carbonyl (C=O) groups is 1. The van der Waals surface area contributed by atoms with E-state index in [-0.39, 0.29) is 23.1 Å². The highest BCUT2D eigenvalue weighted by Gasteiger charge is 2.52. The van der Waals surface area contributed by atoms with Crippen molar-refractivity contribution in [2.45, 2.75) is 29.0 Å². The summed E-state index contributed by atoms with van der Waals surface area (Å²) >= 11 is 4.25. The lowest BCUT2D eigenvalue weighted by molar-refractivity contribution is -0.146. The molecule has 6 nitrogen and oxygen atoms in total. The zero-order valence-corrected chi connectivity index (χ0v) is 13.4. The summed E-state index contributed by atoms with van der Waals surface area (Å²) < 4.78 is 31.4. The summed E-state index contributed by atoms with van der Waals surface area (Å²) in [7, 11) is -2.42. The van der Waals surface area contributed by atoms with Gasteiger partial charge in [0.05, 0.1) is 12.0 Å². The van der Waals surface area contributed by atoms with Crippen molar-refractivity contribution in [3.05, 3.63) is 24.3 Å². The van der Waals surface area contributed by atoms with E-state index in [1.165, 1.54) is 38.3 Å². The number of nitrogens with zero attached hydrogens (tertiary/aromatic N) is 1. The van der Waals surface area contributed by atoms with Crippen molar-refractivity contribution < 1.29 is 23.1 Å². The lowest BCUT2D eigenvalue weighted by atomic mass is 10.0. The average Bonchev–Trinajstić information content (AvgIpc) is 2.76. The van der Waals surface area contributed by atoms with Crippen molar-refractivity contribution in [1.82, 2.24) is 4.31 Å². The summed E-state index contributed by atoms with van der Waals surface area (Å²) in [5.74, 6) is -0.639. The zero-order chi connectivity index (χ0) is 15.8. The van der Waals surface area contributed by atoms with Crippen molar-refractivity contribution in [1.29, 1.82) is 0 Å². The molecule has 0 unspecified atom stereocenters. The molecule has 0 radical (unpaired) electrons. The first-order valence-electron chi connectivity index (χ1n) is 6.30. The summed E-state index contributed by atoms with van der Waals surface area (Å²) in [5.41, 5.74) is -1.48. The minimum atomic E-state index is -3.90. The summed E-state index contributed by atoms with van der Waals surface area (Å²) in [4.78, 5) is 11.5. The van der Waals surface area contributed by atoms with E-state index in [2.05, 4.69) is 12.6 Å². The molecule has 1 fully saturated rings. The lowest BCUT2D eigenvalue weighted by Crippen LogP contribution is -2.50. The molecule has 1 aromatic carbocycles. The quantitative estimate of drug-likeness (QED) is 0.811. The summed E-state index contributed by atoms with van der Waals surface area (Å²) in [6.07, 6.45) is 0.167. The highest BCUT2D eigenvalue weighted by Crippen LogP contribution is 2.37. The van der Waals surface area contributed by atoms with Crippen LogP contribution in [0.5, 0.6) is 5.75 Å². The molecule has 1 aromatic rings. The van der Waals surface area contributed by atoms with Crippen LogP contribution in [0.3, 0.4) is 0 Å². The number of benzene rings is 1. The Labute approximate surface area is 129 Å². The number of hydrogen-bond donors (Lipinski definition) is 2. The van der Waals surface area contributed by atoms with Crippen LogP contribution < -0.4 is 4.74 Å². The fourth-order valence-electron chi connectivity index (χ4n) is 2.45. The predicted octanol–water partition coefficient (Wildman–Crippen LogP) is 1.23. The molecule has 8 heteroatoms. The molecule has 0 bridgehead atoms. The second-order valence-electron chi connectivity index (χ2n) is 5.15. The van der Waals surface area contributed by atoms with Crippen LogP contribution in [0.2, 0.25) is 0 Å². The van der Waals surface area contributed by atoms with Gasteiger partial charge in [-0.15, -0.1) is 0 Å². The minimum Gasteiger partial charge on any atom is -0.497 e. The van der Waals surface area contributed by atoms with Crippen LogP contribution in [0.4, 0.5) is 0 Å². The third-order valence-electron chi connectivity index (χ3n) is 3.67. The Morgan fingerprint density at radius 3 is 2.48 bits per heavy atom. The smallest absolute Gasteiger partial charge is 0.324 e. The Morgan fingerprint density at radius 1 is 1.43 bits per heavy atom. The Bertz CT molecular complexity index is 643. The van der Waals surface area contributed by atoms with Gasteiger partial charge >= 0.3 is 5.97 Å². The number of ether oxygens (including phenoxy) is 1. The van der Waals surface area contributed by atoms with Crippen LogP contribution in [-0.2, 0) is 14.8 Å². The fourth-order valence-corrected chi connectivity index (χ4v) is 4.87. The van der Waals surface area contributed by atoms with Crippen molar-refractivity contribution in [3.8, 4) is 5.75 Å². The Morgan fingerprint density at radius 2 is 2.00 bits per heavy atom.